The Bertz CT molecular complexity index is 145. The van der Waals surface area contributed by atoms with Crippen LogP contribution in [0.3, 0.4) is 0 Å². The van der Waals surface area contributed by atoms with E-state index in [0.717, 1.165) is 0 Å². The van der Waals surface area contributed by atoms with E-state index in [-0.39, 0.29) is 13.2 Å². The molecule has 0 saturated heterocycles. The summed E-state index contributed by atoms with van der Waals surface area (Å²) in [6.45, 7) is 0.124. The van der Waals surface area contributed by atoms with Crippen LogP contribution in [0.4, 0.5) is 0 Å². The molecule has 1 aliphatic heterocycles. The van der Waals surface area contributed by atoms with Crippen LogP contribution in [0.1, 0.15) is 0 Å². The number of rotatable bonds is 2. The van der Waals surface area contributed by atoms with Gasteiger partial charge in [-0.25, -0.2) is 5.01 Å². The van der Waals surface area contributed by atoms with Crippen LogP contribution in [0.5, 0.6) is 0 Å². The van der Waals surface area contributed by atoms with Crippen LogP contribution in [0.15, 0.2) is 10.4 Å². The number of carboxylic acids is 1. The lowest BCUT2D eigenvalue weighted by atomic mass is 10.6. The number of aliphatic carboxylic acids is 1. The van der Waals surface area contributed by atoms with Crippen molar-refractivity contribution in [1.29, 1.82) is 0 Å². The van der Waals surface area contributed by atoms with Gasteiger partial charge < -0.3 is 5.11 Å². The van der Waals surface area contributed by atoms with Gasteiger partial charge in [-0.1, -0.05) is 0 Å². The number of carboxylic acid groups (broad SMARTS) is 1. The first-order valence-electron chi connectivity index (χ1n) is 2.33. The van der Waals surface area contributed by atoms with E-state index in [1.807, 2.05) is 0 Å². The molecule has 0 aromatic rings. The molecule has 1 aliphatic rings. The highest BCUT2D eigenvalue weighted by Gasteiger charge is 2.10. The van der Waals surface area contributed by atoms with Crippen molar-refractivity contribution in [3.63, 3.8) is 0 Å². The van der Waals surface area contributed by atoms with Gasteiger partial charge in [0.05, 0.1) is 0 Å². The van der Waals surface area contributed by atoms with Crippen LogP contribution in [0.2, 0.25) is 0 Å². The third-order valence-electron chi connectivity index (χ3n) is 0.774. The van der Waals surface area contributed by atoms with E-state index in [9.17, 15) is 4.79 Å². The van der Waals surface area contributed by atoms with Crippen LogP contribution in [-0.4, -0.2) is 29.3 Å². The lowest BCUT2D eigenvalue weighted by molar-refractivity contribution is -0.138. The normalized spacial score (nSPS) is 15.8. The maximum atomic E-state index is 9.97. The molecule has 0 atom stereocenters. The van der Waals surface area contributed by atoms with Crippen LogP contribution in [-0.2, 0) is 4.79 Å². The molecule has 1 N–H and O–H groups in total. The average Bonchev–Trinajstić information content (AvgIpc) is 2.15. The highest BCUT2D eigenvalue weighted by atomic mass is 16.4. The first-order chi connectivity index (χ1) is 4.29. The van der Waals surface area contributed by atoms with Crippen LogP contribution in [0.25, 0.3) is 0 Å². The van der Waals surface area contributed by atoms with E-state index in [1.165, 1.54) is 5.01 Å². The molecule has 0 saturated carbocycles. The monoisotopic (exact) mass is 129 g/mol. The Hall–Kier alpha value is -1.33. The molecule has 1 rings (SSSR count). The molecule has 0 spiro atoms. The fraction of sp³-hybridized carbons (Fsp3) is 0.667. The van der Waals surface area contributed by atoms with Crippen molar-refractivity contribution in [3.8, 4) is 0 Å². The zero-order valence-corrected chi connectivity index (χ0v) is 4.56. The summed E-state index contributed by atoms with van der Waals surface area (Å²) in [5.74, 6) is -0.925. The third kappa shape index (κ3) is 1.56. The Labute approximate surface area is 51.1 Å². The third-order valence-corrected chi connectivity index (χ3v) is 0.774. The zero-order valence-electron chi connectivity index (χ0n) is 4.56. The maximum Gasteiger partial charge on any atom is 0.325 e. The highest BCUT2D eigenvalue weighted by molar-refractivity contribution is 5.68. The van der Waals surface area contributed by atoms with Crippen molar-refractivity contribution in [1.82, 2.24) is 10.4 Å². The van der Waals surface area contributed by atoms with Crippen molar-refractivity contribution >= 4 is 5.97 Å². The molecule has 0 fully saturated rings. The van der Waals surface area contributed by atoms with E-state index < -0.39 is 5.97 Å². The minimum absolute atomic E-state index is 0.132. The van der Waals surface area contributed by atoms with E-state index in [1.54, 1.807) is 0 Å². The van der Waals surface area contributed by atoms with E-state index >= 15 is 0 Å². The van der Waals surface area contributed by atoms with Crippen LogP contribution < -0.4 is 5.43 Å². The van der Waals surface area contributed by atoms with E-state index in [0.29, 0.717) is 0 Å². The topological polar surface area (TPSA) is 79.4 Å². The minimum Gasteiger partial charge on any atom is -0.480 e. The van der Waals surface area contributed by atoms with Crippen LogP contribution in [0, 0.1) is 0 Å². The molecule has 6 nitrogen and oxygen atoms in total. The molecule has 0 unspecified atom stereocenters. The second-order valence-corrected chi connectivity index (χ2v) is 1.52. The van der Waals surface area contributed by atoms with Gasteiger partial charge in [-0.3, -0.25) is 4.79 Å². The molecule has 0 amide bonds. The summed E-state index contributed by atoms with van der Waals surface area (Å²) in [5, 5.41) is 16.1. The molecule has 0 aromatic carbocycles. The largest absolute Gasteiger partial charge is 0.480 e. The Balaban J connectivity index is 2.28. The molecule has 0 aliphatic carbocycles. The van der Waals surface area contributed by atoms with Gasteiger partial charge in [0.25, 0.3) is 0 Å². The van der Waals surface area contributed by atoms with Gasteiger partial charge >= 0.3 is 5.97 Å². The molecule has 0 aromatic heterocycles. The quantitative estimate of drug-likeness (QED) is 0.531. The molecular formula is C3H5N4O2. The molecular weight excluding hydrogens is 124 g/mol. The van der Waals surface area contributed by atoms with Gasteiger partial charge in [-0.15, -0.1) is 5.43 Å². The maximum absolute atomic E-state index is 9.97. The molecule has 1 radical (unpaired) electrons. The lowest BCUT2D eigenvalue weighted by Gasteiger charge is -2.03. The first-order valence-corrected chi connectivity index (χ1v) is 2.33. The Morgan fingerprint density at radius 3 is 3.00 bits per heavy atom. The summed E-state index contributed by atoms with van der Waals surface area (Å²) in [7, 11) is 0. The summed E-state index contributed by atoms with van der Waals surface area (Å²) in [6.07, 6.45) is 0. The van der Waals surface area contributed by atoms with E-state index in [4.69, 9.17) is 5.11 Å². The zero-order chi connectivity index (χ0) is 6.69. The van der Waals surface area contributed by atoms with Crippen molar-refractivity contribution in [2.75, 3.05) is 13.2 Å². The second kappa shape index (κ2) is 2.29. The first kappa shape index (κ1) is 5.80. The summed E-state index contributed by atoms with van der Waals surface area (Å²) >= 11 is 0. The number of nitrogens with zero attached hydrogens (tertiary/aromatic N) is 4. The van der Waals surface area contributed by atoms with E-state index in [2.05, 4.69) is 15.9 Å². The fourth-order valence-electron chi connectivity index (χ4n) is 0.452. The average molecular weight is 129 g/mol. The number of carbonyl (C=O) groups is 1. The van der Waals surface area contributed by atoms with Gasteiger partial charge in [-0.05, 0) is 10.4 Å². The number of hydrogen-bond donors (Lipinski definition) is 1. The van der Waals surface area contributed by atoms with Gasteiger partial charge in [0.1, 0.15) is 6.54 Å². The Morgan fingerprint density at radius 1 is 1.78 bits per heavy atom. The fourth-order valence-corrected chi connectivity index (χ4v) is 0.452. The van der Waals surface area contributed by atoms with Gasteiger partial charge in [-0.2, -0.15) is 0 Å². The lowest BCUT2D eigenvalue weighted by Crippen LogP contribution is -2.24. The standard InChI is InChI=1S/C3H5N4O2/c8-3(9)1-7-2-4-5-6-7/h1-2H2,(H,8,9). The van der Waals surface area contributed by atoms with Gasteiger partial charge in [0, 0.05) is 0 Å². The van der Waals surface area contributed by atoms with Gasteiger partial charge in [0.2, 0.25) is 0 Å². The van der Waals surface area contributed by atoms with Crippen molar-refractivity contribution in [2.24, 2.45) is 10.4 Å². The molecule has 1 heterocycles. The molecule has 0 bridgehead atoms. The molecule has 49 valence electrons. The van der Waals surface area contributed by atoms with Crippen molar-refractivity contribution in [3.05, 3.63) is 0 Å². The molecule has 6 heteroatoms. The highest BCUT2D eigenvalue weighted by Crippen LogP contribution is 1.94. The van der Waals surface area contributed by atoms with Crippen LogP contribution >= 0.6 is 0 Å². The summed E-state index contributed by atoms with van der Waals surface area (Å²) in [4.78, 5) is 9.97. The van der Waals surface area contributed by atoms with Gasteiger partial charge in [0.15, 0.2) is 6.67 Å². The smallest absolute Gasteiger partial charge is 0.325 e. The number of hydrogen-bond acceptors (Lipinski definition) is 4. The summed E-state index contributed by atoms with van der Waals surface area (Å²) in [6, 6.07) is 0. The van der Waals surface area contributed by atoms with Crippen molar-refractivity contribution in [2.45, 2.75) is 0 Å². The Kier molecular flexibility index (Phi) is 1.48. The van der Waals surface area contributed by atoms with Crippen molar-refractivity contribution < 1.29 is 9.90 Å². The second-order valence-electron chi connectivity index (χ2n) is 1.52. The summed E-state index contributed by atoms with van der Waals surface area (Å²) in [5.41, 5.74) is 3.44. The SMILES string of the molecule is O=C(O)CN1C[N]N=N1. The Morgan fingerprint density at radius 2 is 2.56 bits per heavy atom. The molecule has 9 heavy (non-hydrogen) atoms. The summed E-state index contributed by atoms with van der Waals surface area (Å²) < 4.78 is 0. The predicted octanol–water partition coefficient (Wildman–Crippen LogP) is -0.769. The predicted molar refractivity (Wildman–Crippen MR) is 26.2 cm³/mol. The minimum atomic E-state index is -0.925.